The van der Waals surface area contributed by atoms with Crippen molar-refractivity contribution in [1.82, 2.24) is 14.5 Å². The Kier molecular flexibility index (Phi) is 3.44. The molecule has 0 amide bonds. The molecule has 1 atom stereocenters. The summed E-state index contributed by atoms with van der Waals surface area (Å²) in [5, 5.41) is 4.56. The molecule has 0 aliphatic heterocycles. The van der Waals surface area contributed by atoms with Gasteiger partial charge in [0.05, 0.1) is 17.1 Å². The Morgan fingerprint density at radius 2 is 2.15 bits per heavy atom. The standard InChI is InChI=1S/C15H18N4S/c1-4-11-9-16-14(20-11)10(2)17-15-18-12-7-5-6-8-13(12)19(15)3/h5-10H,4H2,1-3H3,(H,17,18). The quantitative estimate of drug-likeness (QED) is 0.794. The summed E-state index contributed by atoms with van der Waals surface area (Å²) in [6.07, 6.45) is 3.00. The summed E-state index contributed by atoms with van der Waals surface area (Å²) in [5.41, 5.74) is 2.15. The highest BCUT2D eigenvalue weighted by Gasteiger charge is 2.14. The van der Waals surface area contributed by atoms with E-state index in [2.05, 4.69) is 39.8 Å². The minimum atomic E-state index is 0.163. The van der Waals surface area contributed by atoms with Crippen molar-refractivity contribution in [1.29, 1.82) is 0 Å². The van der Waals surface area contributed by atoms with Gasteiger partial charge in [0.15, 0.2) is 0 Å². The Morgan fingerprint density at radius 1 is 1.35 bits per heavy atom. The minimum absolute atomic E-state index is 0.163. The highest BCUT2D eigenvalue weighted by molar-refractivity contribution is 7.11. The molecule has 0 saturated carbocycles. The molecule has 3 rings (SSSR count). The average Bonchev–Trinajstić information content (AvgIpc) is 3.05. The lowest BCUT2D eigenvalue weighted by molar-refractivity contribution is 0.823. The van der Waals surface area contributed by atoms with Gasteiger partial charge >= 0.3 is 0 Å². The van der Waals surface area contributed by atoms with E-state index in [1.54, 1.807) is 11.3 Å². The zero-order valence-electron chi connectivity index (χ0n) is 11.9. The van der Waals surface area contributed by atoms with Gasteiger partial charge < -0.3 is 9.88 Å². The van der Waals surface area contributed by atoms with E-state index in [1.165, 1.54) is 4.88 Å². The number of thiazole rings is 1. The van der Waals surface area contributed by atoms with Gasteiger partial charge in [0.1, 0.15) is 5.01 Å². The molecule has 0 aliphatic carbocycles. The van der Waals surface area contributed by atoms with Crippen molar-refractivity contribution in [3.8, 4) is 0 Å². The van der Waals surface area contributed by atoms with Crippen LogP contribution in [0.5, 0.6) is 0 Å². The first-order chi connectivity index (χ1) is 9.69. The number of rotatable bonds is 4. The maximum absolute atomic E-state index is 4.63. The van der Waals surface area contributed by atoms with Crippen molar-refractivity contribution in [3.63, 3.8) is 0 Å². The number of aromatic nitrogens is 3. The van der Waals surface area contributed by atoms with Gasteiger partial charge in [-0.25, -0.2) is 9.97 Å². The van der Waals surface area contributed by atoms with E-state index >= 15 is 0 Å². The number of aryl methyl sites for hydroxylation is 2. The third-order valence-corrected chi connectivity index (χ3v) is 4.75. The van der Waals surface area contributed by atoms with Crippen LogP contribution < -0.4 is 5.32 Å². The normalized spacial score (nSPS) is 12.8. The van der Waals surface area contributed by atoms with Gasteiger partial charge in [0.25, 0.3) is 0 Å². The molecule has 5 heteroatoms. The van der Waals surface area contributed by atoms with Crippen LogP contribution in [0.2, 0.25) is 0 Å². The van der Waals surface area contributed by atoms with Crippen molar-refractivity contribution in [2.24, 2.45) is 7.05 Å². The third-order valence-electron chi connectivity index (χ3n) is 3.42. The summed E-state index contributed by atoms with van der Waals surface area (Å²) < 4.78 is 2.08. The summed E-state index contributed by atoms with van der Waals surface area (Å²) in [4.78, 5) is 10.4. The van der Waals surface area contributed by atoms with Gasteiger partial charge in [-0.3, -0.25) is 0 Å². The second-order valence-corrected chi connectivity index (χ2v) is 6.01. The summed E-state index contributed by atoms with van der Waals surface area (Å²) in [6.45, 7) is 4.28. The second-order valence-electron chi connectivity index (χ2n) is 4.87. The summed E-state index contributed by atoms with van der Waals surface area (Å²) in [7, 11) is 2.03. The topological polar surface area (TPSA) is 42.7 Å². The van der Waals surface area contributed by atoms with Crippen LogP contribution in [0, 0.1) is 0 Å². The molecule has 1 N–H and O–H groups in total. The van der Waals surface area contributed by atoms with Gasteiger partial charge in [-0.2, -0.15) is 0 Å². The first kappa shape index (κ1) is 13.1. The van der Waals surface area contributed by atoms with Crippen molar-refractivity contribution in [2.45, 2.75) is 26.3 Å². The third kappa shape index (κ3) is 2.29. The highest BCUT2D eigenvalue weighted by atomic mass is 32.1. The van der Waals surface area contributed by atoms with Crippen LogP contribution >= 0.6 is 11.3 Å². The Hall–Kier alpha value is -1.88. The molecule has 0 fully saturated rings. The molecule has 1 aromatic carbocycles. The van der Waals surface area contributed by atoms with Crippen LogP contribution in [0.25, 0.3) is 11.0 Å². The van der Waals surface area contributed by atoms with Crippen molar-refractivity contribution < 1.29 is 0 Å². The molecule has 20 heavy (non-hydrogen) atoms. The second kappa shape index (κ2) is 5.25. The fraction of sp³-hybridized carbons (Fsp3) is 0.333. The molecule has 0 spiro atoms. The van der Waals surface area contributed by atoms with Crippen LogP contribution in [0.4, 0.5) is 5.95 Å². The summed E-state index contributed by atoms with van der Waals surface area (Å²) in [6, 6.07) is 8.32. The molecule has 0 radical (unpaired) electrons. The number of anilines is 1. The van der Waals surface area contributed by atoms with Crippen molar-refractivity contribution in [3.05, 3.63) is 40.3 Å². The number of fused-ring (bicyclic) bond motifs is 1. The molecule has 0 saturated heterocycles. The van der Waals surface area contributed by atoms with Gasteiger partial charge in [-0.15, -0.1) is 11.3 Å². The molecule has 2 aromatic heterocycles. The number of imidazole rings is 1. The molecular weight excluding hydrogens is 268 g/mol. The summed E-state index contributed by atoms with van der Waals surface area (Å²) >= 11 is 1.76. The van der Waals surface area contributed by atoms with Gasteiger partial charge in [0.2, 0.25) is 5.95 Å². The van der Waals surface area contributed by atoms with E-state index < -0.39 is 0 Å². The average molecular weight is 286 g/mol. The van der Waals surface area contributed by atoms with Crippen LogP contribution in [0.3, 0.4) is 0 Å². The number of hydrogen-bond acceptors (Lipinski definition) is 4. The molecule has 0 aliphatic rings. The zero-order valence-corrected chi connectivity index (χ0v) is 12.7. The Labute approximate surface area is 122 Å². The molecular formula is C15H18N4S. The van der Waals surface area contributed by atoms with Crippen molar-refractivity contribution >= 4 is 28.3 Å². The van der Waals surface area contributed by atoms with E-state index in [0.717, 1.165) is 28.4 Å². The van der Waals surface area contributed by atoms with Gasteiger partial charge in [-0.1, -0.05) is 19.1 Å². The van der Waals surface area contributed by atoms with Gasteiger partial charge in [-0.05, 0) is 25.5 Å². The molecule has 0 bridgehead atoms. The molecule has 3 aromatic rings. The van der Waals surface area contributed by atoms with Crippen molar-refractivity contribution in [2.75, 3.05) is 5.32 Å². The van der Waals surface area contributed by atoms with Crippen LogP contribution in [0.1, 0.15) is 29.8 Å². The highest BCUT2D eigenvalue weighted by Crippen LogP contribution is 2.25. The Morgan fingerprint density at radius 3 is 2.85 bits per heavy atom. The first-order valence-electron chi connectivity index (χ1n) is 6.81. The van der Waals surface area contributed by atoms with Crippen LogP contribution in [-0.4, -0.2) is 14.5 Å². The molecule has 104 valence electrons. The monoisotopic (exact) mass is 286 g/mol. The number of hydrogen-bond donors (Lipinski definition) is 1. The predicted octanol–water partition coefficient (Wildman–Crippen LogP) is 3.77. The van der Waals surface area contributed by atoms with E-state index in [0.29, 0.717) is 0 Å². The van der Waals surface area contributed by atoms with Crippen LogP contribution in [0.15, 0.2) is 30.5 Å². The van der Waals surface area contributed by atoms with E-state index in [-0.39, 0.29) is 6.04 Å². The Balaban J connectivity index is 1.87. The van der Waals surface area contributed by atoms with E-state index in [9.17, 15) is 0 Å². The molecule has 1 unspecified atom stereocenters. The van der Waals surface area contributed by atoms with Crippen LogP contribution in [-0.2, 0) is 13.5 Å². The number of nitrogens with one attached hydrogen (secondary N) is 1. The maximum atomic E-state index is 4.63. The SMILES string of the molecule is CCc1cnc(C(C)Nc2nc3ccccc3n2C)s1. The first-order valence-corrected chi connectivity index (χ1v) is 7.63. The number of benzene rings is 1. The lowest BCUT2D eigenvalue weighted by atomic mass is 10.3. The zero-order chi connectivity index (χ0) is 14.1. The fourth-order valence-electron chi connectivity index (χ4n) is 2.22. The number of para-hydroxylation sites is 2. The van der Waals surface area contributed by atoms with Gasteiger partial charge in [0, 0.05) is 18.1 Å². The Bertz CT molecular complexity index is 728. The lowest BCUT2D eigenvalue weighted by Crippen LogP contribution is -2.10. The van der Waals surface area contributed by atoms with E-state index in [1.807, 2.05) is 31.4 Å². The number of nitrogens with zero attached hydrogens (tertiary/aromatic N) is 3. The fourth-order valence-corrected chi connectivity index (χ4v) is 3.08. The molecule has 4 nitrogen and oxygen atoms in total. The maximum Gasteiger partial charge on any atom is 0.204 e. The predicted molar refractivity (Wildman–Crippen MR) is 84.2 cm³/mol. The smallest absolute Gasteiger partial charge is 0.204 e. The minimum Gasteiger partial charge on any atom is -0.347 e. The largest absolute Gasteiger partial charge is 0.347 e. The van der Waals surface area contributed by atoms with E-state index in [4.69, 9.17) is 0 Å². The summed E-state index contributed by atoms with van der Waals surface area (Å²) in [5.74, 6) is 0.881. The lowest BCUT2D eigenvalue weighted by Gasteiger charge is -2.11. The molecule has 2 heterocycles.